The molecule has 0 spiro atoms. The van der Waals surface area contributed by atoms with Crippen LogP contribution in [0.3, 0.4) is 0 Å². The molecule has 0 radical (unpaired) electrons. The molecule has 1 aliphatic carbocycles. The van der Waals surface area contributed by atoms with Crippen LogP contribution in [0.5, 0.6) is 0 Å². The number of para-hydroxylation sites is 1. The van der Waals surface area contributed by atoms with Crippen molar-refractivity contribution in [1.82, 2.24) is 19.8 Å². The zero-order valence-electron chi connectivity index (χ0n) is 22.8. The number of fused-ring (bicyclic) bond motifs is 2. The Morgan fingerprint density at radius 2 is 1.95 bits per heavy atom. The van der Waals surface area contributed by atoms with Crippen molar-refractivity contribution in [2.45, 2.75) is 38.3 Å². The van der Waals surface area contributed by atoms with Crippen LogP contribution in [0.4, 0.5) is 0 Å². The van der Waals surface area contributed by atoms with Crippen LogP contribution in [0.25, 0.3) is 17.0 Å². The van der Waals surface area contributed by atoms with Gasteiger partial charge in [0.2, 0.25) is 5.91 Å². The van der Waals surface area contributed by atoms with Gasteiger partial charge in [-0.25, -0.2) is 5.48 Å². The lowest BCUT2D eigenvalue weighted by Gasteiger charge is -2.29. The first kappa shape index (κ1) is 28.0. The largest absolute Gasteiger partial charge is 0.395 e. The van der Waals surface area contributed by atoms with Crippen LogP contribution in [0.15, 0.2) is 54.7 Å². The van der Waals surface area contributed by atoms with Gasteiger partial charge in [0, 0.05) is 68.4 Å². The molecule has 2 heterocycles. The predicted octanol–water partition coefficient (Wildman–Crippen LogP) is 2.93. The molecule has 9 nitrogen and oxygen atoms in total. The van der Waals surface area contributed by atoms with Crippen molar-refractivity contribution in [3.05, 3.63) is 77.0 Å². The summed E-state index contributed by atoms with van der Waals surface area (Å²) in [6.45, 7) is 4.69. The molecular formula is C31H38N4O5. The average molecular weight is 547 g/mol. The standard InChI is InChI=1S/C31H38N4O5/c36-18-15-33(29-9-7-24-21-23(5-8-27(24)29)6-10-30(37)32-39)13-11-25-22-35(28-4-2-1-3-26(25)28)14-12-31(38)34-16-19-40-20-17-34/h1-6,8,10,21-22,29,36,39H,7,9,11-20H2,(H,32,37). The summed E-state index contributed by atoms with van der Waals surface area (Å²) in [6.07, 6.45) is 8.41. The van der Waals surface area contributed by atoms with Gasteiger partial charge in [-0.15, -0.1) is 0 Å². The molecule has 2 amide bonds. The third-order valence-electron chi connectivity index (χ3n) is 8.05. The number of aliphatic hydroxyl groups excluding tert-OH is 1. The first-order chi connectivity index (χ1) is 19.6. The highest BCUT2D eigenvalue weighted by molar-refractivity contribution is 5.90. The third kappa shape index (κ3) is 6.45. The lowest BCUT2D eigenvalue weighted by molar-refractivity contribution is -0.135. The van der Waals surface area contributed by atoms with Crippen molar-refractivity contribution in [1.29, 1.82) is 0 Å². The summed E-state index contributed by atoms with van der Waals surface area (Å²) in [5.41, 5.74) is 7.43. The van der Waals surface area contributed by atoms with E-state index in [1.165, 1.54) is 28.2 Å². The van der Waals surface area contributed by atoms with E-state index < -0.39 is 5.91 Å². The molecule has 2 aromatic carbocycles. The Balaban J connectivity index is 1.27. The third-order valence-corrected chi connectivity index (χ3v) is 8.05. The van der Waals surface area contributed by atoms with Crippen molar-refractivity contribution < 1.29 is 24.6 Å². The van der Waals surface area contributed by atoms with Crippen molar-refractivity contribution in [3.8, 4) is 0 Å². The van der Waals surface area contributed by atoms with E-state index in [0.29, 0.717) is 45.8 Å². The number of carbonyl (C=O) groups excluding carboxylic acids is 2. The van der Waals surface area contributed by atoms with E-state index in [-0.39, 0.29) is 18.6 Å². The summed E-state index contributed by atoms with van der Waals surface area (Å²) in [6, 6.07) is 14.8. The van der Waals surface area contributed by atoms with Gasteiger partial charge in [0.25, 0.3) is 5.91 Å². The van der Waals surface area contributed by atoms with Crippen LogP contribution < -0.4 is 5.48 Å². The molecule has 3 aromatic rings. The molecule has 212 valence electrons. The van der Waals surface area contributed by atoms with Crippen LogP contribution in [-0.2, 0) is 33.7 Å². The van der Waals surface area contributed by atoms with Crippen molar-refractivity contribution in [2.24, 2.45) is 0 Å². The number of ether oxygens (including phenoxy) is 1. The highest BCUT2D eigenvalue weighted by atomic mass is 16.5. The Morgan fingerprint density at radius 1 is 1.12 bits per heavy atom. The number of aryl methyl sites for hydroxylation is 2. The average Bonchev–Trinajstić information content (AvgIpc) is 3.58. The molecular weight excluding hydrogens is 508 g/mol. The summed E-state index contributed by atoms with van der Waals surface area (Å²) in [4.78, 5) is 28.3. The number of carbonyl (C=O) groups is 2. The van der Waals surface area contributed by atoms with Gasteiger partial charge in [-0.3, -0.25) is 19.7 Å². The van der Waals surface area contributed by atoms with E-state index in [1.54, 1.807) is 11.6 Å². The number of morpholine rings is 1. The number of rotatable bonds is 11. The second-order valence-corrected chi connectivity index (χ2v) is 10.4. The Labute approximate surface area is 234 Å². The van der Waals surface area contributed by atoms with Gasteiger partial charge in [0.15, 0.2) is 0 Å². The number of aromatic nitrogens is 1. The van der Waals surface area contributed by atoms with Crippen LogP contribution >= 0.6 is 0 Å². The minimum atomic E-state index is -0.558. The van der Waals surface area contributed by atoms with Crippen LogP contribution in [-0.4, -0.2) is 82.5 Å². The maximum Gasteiger partial charge on any atom is 0.267 e. The fourth-order valence-corrected chi connectivity index (χ4v) is 6.02. The minimum Gasteiger partial charge on any atom is -0.395 e. The first-order valence-electron chi connectivity index (χ1n) is 14.1. The lowest BCUT2D eigenvalue weighted by Crippen LogP contribution is -2.40. The number of nitrogens with zero attached hydrogens (tertiary/aromatic N) is 3. The van der Waals surface area contributed by atoms with Gasteiger partial charge in [-0.2, -0.15) is 0 Å². The van der Waals surface area contributed by atoms with Gasteiger partial charge in [0.1, 0.15) is 0 Å². The van der Waals surface area contributed by atoms with Crippen molar-refractivity contribution >= 4 is 28.8 Å². The fourth-order valence-electron chi connectivity index (χ4n) is 6.02. The van der Waals surface area contributed by atoms with Crippen LogP contribution in [0.2, 0.25) is 0 Å². The van der Waals surface area contributed by atoms with Gasteiger partial charge in [-0.05, 0) is 53.7 Å². The number of hydrogen-bond donors (Lipinski definition) is 3. The van der Waals surface area contributed by atoms with Crippen molar-refractivity contribution in [3.63, 3.8) is 0 Å². The summed E-state index contributed by atoms with van der Waals surface area (Å²) in [5, 5.41) is 19.8. The number of amides is 2. The number of nitrogens with one attached hydrogen (secondary N) is 1. The first-order valence-corrected chi connectivity index (χ1v) is 14.1. The summed E-state index contributed by atoms with van der Waals surface area (Å²) < 4.78 is 7.58. The summed E-state index contributed by atoms with van der Waals surface area (Å²) >= 11 is 0. The minimum absolute atomic E-state index is 0.0916. The topological polar surface area (TPSA) is 107 Å². The molecule has 40 heavy (non-hydrogen) atoms. The monoisotopic (exact) mass is 546 g/mol. The molecule has 1 aromatic heterocycles. The van der Waals surface area contributed by atoms with E-state index in [0.717, 1.165) is 36.9 Å². The van der Waals surface area contributed by atoms with Crippen LogP contribution in [0, 0.1) is 0 Å². The fraction of sp³-hybridized carbons (Fsp3) is 0.419. The maximum atomic E-state index is 12.7. The highest BCUT2D eigenvalue weighted by Gasteiger charge is 2.28. The Morgan fingerprint density at radius 3 is 2.75 bits per heavy atom. The number of aliphatic hydroxyl groups is 1. The quantitative estimate of drug-likeness (QED) is 0.194. The second-order valence-electron chi connectivity index (χ2n) is 10.4. The molecule has 1 unspecified atom stereocenters. The van der Waals surface area contributed by atoms with E-state index in [2.05, 4.69) is 46.0 Å². The molecule has 1 atom stereocenters. The van der Waals surface area contributed by atoms with E-state index in [4.69, 9.17) is 9.94 Å². The molecule has 5 rings (SSSR count). The van der Waals surface area contributed by atoms with Crippen LogP contribution in [0.1, 0.15) is 41.1 Å². The number of hydroxylamine groups is 1. The number of benzene rings is 2. The Hall–Kier alpha value is -3.50. The smallest absolute Gasteiger partial charge is 0.267 e. The molecule has 9 heteroatoms. The van der Waals surface area contributed by atoms with Crippen molar-refractivity contribution in [2.75, 3.05) is 46.0 Å². The SMILES string of the molecule is O=C(C=Cc1ccc2c(c1)CCC2N(CCO)CCc1cn(CCC(=O)N2CCOCC2)c2ccccc12)NO. The Kier molecular flexibility index (Phi) is 9.28. The van der Waals surface area contributed by atoms with E-state index >= 15 is 0 Å². The van der Waals surface area contributed by atoms with E-state index in [9.17, 15) is 14.7 Å². The van der Waals surface area contributed by atoms with Gasteiger partial charge >= 0.3 is 0 Å². The molecule has 2 aliphatic rings. The summed E-state index contributed by atoms with van der Waals surface area (Å²) in [7, 11) is 0. The molecule has 0 saturated carbocycles. The molecule has 1 aliphatic heterocycles. The second kappa shape index (κ2) is 13.2. The zero-order chi connectivity index (χ0) is 27.9. The van der Waals surface area contributed by atoms with E-state index in [1.807, 2.05) is 17.0 Å². The predicted molar refractivity (Wildman–Crippen MR) is 153 cm³/mol. The molecule has 1 saturated heterocycles. The maximum absolute atomic E-state index is 12.7. The lowest BCUT2D eigenvalue weighted by atomic mass is 10.0. The van der Waals surface area contributed by atoms with Gasteiger partial charge < -0.3 is 19.3 Å². The van der Waals surface area contributed by atoms with Gasteiger partial charge in [-0.1, -0.05) is 36.4 Å². The normalized spacial score (nSPS) is 17.2. The number of hydrogen-bond acceptors (Lipinski definition) is 6. The van der Waals surface area contributed by atoms with Gasteiger partial charge in [0.05, 0.1) is 19.8 Å². The molecule has 0 bridgehead atoms. The highest BCUT2D eigenvalue weighted by Crippen LogP contribution is 2.36. The molecule has 3 N–H and O–H groups in total. The molecule has 1 fully saturated rings. The Bertz CT molecular complexity index is 1360. The summed E-state index contributed by atoms with van der Waals surface area (Å²) in [5.74, 6) is -0.385. The zero-order valence-corrected chi connectivity index (χ0v) is 22.8.